The highest BCUT2D eigenvalue weighted by Gasteiger charge is 2.44. The summed E-state index contributed by atoms with van der Waals surface area (Å²) in [5, 5.41) is 0. The highest BCUT2D eigenvalue weighted by atomic mass is 28.4. The van der Waals surface area contributed by atoms with Gasteiger partial charge in [0.2, 0.25) is 0 Å². The van der Waals surface area contributed by atoms with Crippen LogP contribution in [0, 0.1) is 6.92 Å². The van der Waals surface area contributed by atoms with Gasteiger partial charge in [0.1, 0.15) is 0 Å². The zero-order chi connectivity index (χ0) is 11.4. The van der Waals surface area contributed by atoms with Crippen molar-refractivity contribution in [2.24, 2.45) is 0 Å². The molecule has 0 N–H and O–H groups in total. The van der Waals surface area contributed by atoms with Crippen molar-refractivity contribution in [2.75, 3.05) is 6.61 Å². The number of hydrogen-bond donors (Lipinski definition) is 0. The molecule has 0 aliphatic rings. The first kappa shape index (κ1) is 14.2. The predicted octanol–water partition coefficient (Wildman–Crippen LogP) is 4.40. The lowest BCUT2D eigenvalue weighted by Gasteiger charge is -2.42. The summed E-state index contributed by atoms with van der Waals surface area (Å²) in [6.07, 6.45) is 0.890. The molecule has 86 valence electrons. The van der Waals surface area contributed by atoms with E-state index in [9.17, 15) is 0 Å². The van der Waals surface area contributed by atoms with Crippen molar-refractivity contribution in [2.45, 2.75) is 64.6 Å². The fourth-order valence-electron chi connectivity index (χ4n) is 2.75. The minimum atomic E-state index is -1.59. The van der Waals surface area contributed by atoms with Gasteiger partial charge in [0.25, 0.3) is 0 Å². The summed E-state index contributed by atoms with van der Waals surface area (Å²) >= 11 is 0. The van der Waals surface area contributed by atoms with Crippen LogP contribution in [0.5, 0.6) is 0 Å². The summed E-state index contributed by atoms with van der Waals surface area (Å²) in [7, 11) is -1.59. The van der Waals surface area contributed by atoms with E-state index in [1.165, 1.54) is 0 Å². The summed E-state index contributed by atoms with van der Waals surface area (Å²) in [5.41, 5.74) is 2.07. The van der Waals surface area contributed by atoms with Gasteiger partial charge in [-0.15, -0.1) is 0 Å². The van der Waals surface area contributed by atoms with Gasteiger partial charge < -0.3 is 11.3 Å². The maximum atomic E-state index is 6.24. The maximum Gasteiger partial charge on any atom is 0.200 e. The molecule has 0 bridgehead atoms. The highest BCUT2D eigenvalue weighted by Crippen LogP contribution is 2.42. The van der Waals surface area contributed by atoms with Crippen LogP contribution < -0.4 is 0 Å². The van der Waals surface area contributed by atoms with E-state index < -0.39 is 8.32 Å². The third-order valence-corrected chi connectivity index (χ3v) is 9.32. The van der Waals surface area contributed by atoms with Gasteiger partial charge in [-0.2, -0.15) is 6.42 Å². The second-order valence-electron chi connectivity index (χ2n) is 5.02. The van der Waals surface area contributed by atoms with E-state index in [4.69, 9.17) is 4.43 Å². The summed E-state index contributed by atoms with van der Waals surface area (Å²) in [6, 6.07) is 0. The van der Waals surface area contributed by atoms with Crippen LogP contribution in [0.15, 0.2) is 0 Å². The van der Waals surface area contributed by atoms with Gasteiger partial charge in [0, 0.05) is 6.61 Å². The molecule has 14 heavy (non-hydrogen) atoms. The number of rotatable bonds is 6. The van der Waals surface area contributed by atoms with Crippen molar-refractivity contribution >= 4 is 8.32 Å². The van der Waals surface area contributed by atoms with Crippen LogP contribution in [0.25, 0.3) is 0 Å². The van der Waals surface area contributed by atoms with E-state index in [2.05, 4.69) is 48.5 Å². The van der Waals surface area contributed by atoms with Crippen molar-refractivity contribution < 1.29 is 4.43 Å². The molecule has 0 heterocycles. The SMILES string of the molecule is [CH2-]CCO[Si](C(C)C)(C(C)C)C(C)C. The summed E-state index contributed by atoms with van der Waals surface area (Å²) in [6.45, 7) is 18.6. The topological polar surface area (TPSA) is 9.23 Å². The zero-order valence-corrected chi connectivity index (χ0v) is 11.8. The van der Waals surface area contributed by atoms with Crippen molar-refractivity contribution in [3.8, 4) is 0 Å². The van der Waals surface area contributed by atoms with Crippen LogP contribution in [-0.4, -0.2) is 14.9 Å². The molecule has 0 unspecified atom stereocenters. The molecule has 0 fully saturated rings. The van der Waals surface area contributed by atoms with E-state index in [1.54, 1.807) is 0 Å². The molecular formula is C12H27OSi-. The summed E-state index contributed by atoms with van der Waals surface area (Å²) in [5.74, 6) is 0. The van der Waals surface area contributed by atoms with E-state index in [0.29, 0.717) is 16.6 Å². The van der Waals surface area contributed by atoms with Crippen LogP contribution in [0.3, 0.4) is 0 Å². The lowest BCUT2D eigenvalue weighted by Crippen LogP contribution is -2.47. The van der Waals surface area contributed by atoms with E-state index in [1.807, 2.05) is 0 Å². The predicted molar refractivity (Wildman–Crippen MR) is 67.0 cm³/mol. The zero-order valence-electron chi connectivity index (χ0n) is 10.8. The van der Waals surface area contributed by atoms with Gasteiger partial charge in [0.05, 0.1) is 0 Å². The molecule has 2 heteroatoms. The van der Waals surface area contributed by atoms with Gasteiger partial charge >= 0.3 is 0 Å². The molecule has 1 nitrogen and oxygen atoms in total. The van der Waals surface area contributed by atoms with E-state index in [-0.39, 0.29) is 0 Å². The first-order chi connectivity index (χ1) is 6.39. The van der Waals surface area contributed by atoms with Crippen LogP contribution in [0.2, 0.25) is 16.6 Å². The van der Waals surface area contributed by atoms with Crippen molar-refractivity contribution in [1.82, 2.24) is 0 Å². The smallest absolute Gasteiger partial charge is 0.200 e. The second-order valence-corrected chi connectivity index (χ2v) is 10.5. The van der Waals surface area contributed by atoms with Crippen LogP contribution >= 0.6 is 0 Å². The summed E-state index contributed by atoms with van der Waals surface area (Å²) < 4.78 is 6.24. The quantitative estimate of drug-likeness (QED) is 0.471. The fraction of sp³-hybridized carbons (Fsp3) is 0.917. The van der Waals surface area contributed by atoms with Crippen molar-refractivity contribution in [3.05, 3.63) is 6.92 Å². The average Bonchev–Trinajstić information content (AvgIpc) is 2.03. The Bertz CT molecular complexity index is 131. The third-order valence-electron chi connectivity index (χ3n) is 3.20. The number of hydrogen-bond acceptors (Lipinski definition) is 1. The van der Waals surface area contributed by atoms with Crippen molar-refractivity contribution in [3.63, 3.8) is 0 Å². The molecular weight excluding hydrogens is 188 g/mol. The van der Waals surface area contributed by atoms with E-state index in [0.717, 1.165) is 13.0 Å². The van der Waals surface area contributed by atoms with E-state index >= 15 is 0 Å². The first-order valence-corrected chi connectivity index (χ1v) is 7.96. The Balaban J connectivity index is 4.76. The Morgan fingerprint density at radius 1 is 0.929 bits per heavy atom. The van der Waals surface area contributed by atoms with Gasteiger partial charge in [-0.05, 0) is 16.6 Å². The molecule has 0 atom stereocenters. The molecule has 0 aromatic rings. The molecule has 0 spiro atoms. The highest BCUT2D eigenvalue weighted by molar-refractivity contribution is 6.77. The summed E-state index contributed by atoms with van der Waals surface area (Å²) in [4.78, 5) is 0. The molecule has 0 aromatic heterocycles. The molecule has 0 radical (unpaired) electrons. The van der Waals surface area contributed by atoms with Crippen LogP contribution in [0.1, 0.15) is 48.0 Å². The minimum absolute atomic E-state index is 0.689. The van der Waals surface area contributed by atoms with Gasteiger partial charge in [-0.3, -0.25) is 0 Å². The maximum absolute atomic E-state index is 6.24. The molecule has 0 saturated heterocycles. The van der Waals surface area contributed by atoms with Gasteiger partial charge in [-0.1, -0.05) is 41.5 Å². The second kappa shape index (κ2) is 5.91. The molecule has 0 saturated carbocycles. The molecule has 0 amide bonds. The Morgan fingerprint density at radius 3 is 1.50 bits per heavy atom. The Kier molecular flexibility index (Phi) is 5.99. The Morgan fingerprint density at radius 2 is 1.29 bits per heavy atom. The molecule has 0 aromatic carbocycles. The van der Waals surface area contributed by atoms with Crippen LogP contribution in [-0.2, 0) is 4.43 Å². The average molecular weight is 215 g/mol. The van der Waals surface area contributed by atoms with Gasteiger partial charge in [-0.25, -0.2) is 0 Å². The molecule has 0 aliphatic heterocycles. The van der Waals surface area contributed by atoms with Crippen LogP contribution in [0.4, 0.5) is 0 Å². The largest absolute Gasteiger partial charge is 0.419 e. The molecule has 0 rings (SSSR count). The Hall–Kier alpha value is 0.177. The Labute approximate surface area is 91.4 Å². The van der Waals surface area contributed by atoms with Gasteiger partial charge in [0.15, 0.2) is 8.32 Å². The lowest BCUT2D eigenvalue weighted by molar-refractivity contribution is 0.283. The first-order valence-electron chi connectivity index (χ1n) is 5.82. The fourth-order valence-corrected chi connectivity index (χ4v) is 8.25. The molecule has 0 aliphatic carbocycles. The lowest BCUT2D eigenvalue weighted by atomic mass is 10.5. The normalized spacial score (nSPS) is 13.3. The third kappa shape index (κ3) is 2.83. The monoisotopic (exact) mass is 215 g/mol. The standard InChI is InChI=1S/C12H27OSi/c1-8-9-13-14(10(2)3,11(4)5)12(6)7/h10-12H,1,8-9H2,2-7H3/q-1. The minimum Gasteiger partial charge on any atom is -0.419 e. The van der Waals surface area contributed by atoms with Crippen molar-refractivity contribution in [1.29, 1.82) is 0 Å².